The summed E-state index contributed by atoms with van der Waals surface area (Å²) in [5.74, 6) is 0.643. The van der Waals surface area contributed by atoms with Gasteiger partial charge in [0.15, 0.2) is 9.84 Å². The molecule has 0 radical (unpaired) electrons. The minimum absolute atomic E-state index is 0.0897. The van der Waals surface area contributed by atoms with E-state index in [0.717, 1.165) is 12.8 Å². The van der Waals surface area contributed by atoms with Crippen molar-refractivity contribution in [1.82, 2.24) is 0 Å². The normalized spacial score (nSPS) is 14.6. The van der Waals surface area contributed by atoms with E-state index in [0.29, 0.717) is 12.3 Å². The van der Waals surface area contributed by atoms with Gasteiger partial charge < -0.3 is 5.73 Å². The molecule has 0 rings (SSSR count). The molecule has 0 aliphatic carbocycles. The SMILES string of the molecule is CCCCS(=O)(=O)CC(C)CN. The zero-order valence-electron chi connectivity index (χ0n) is 7.91. The zero-order chi connectivity index (χ0) is 9.61. The summed E-state index contributed by atoms with van der Waals surface area (Å²) in [6.07, 6.45) is 1.69. The van der Waals surface area contributed by atoms with Crippen LogP contribution in [0.15, 0.2) is 0 Å². The predicted octanol–water partition coefficient (Wildman–Crippen LogP) is 0.796. The highest BCUT2D eigenvalue weighted by molar-refractivity contribution is 7.91. The standard InChI is InChI=1S/C8H19NO2S/c1-3-4-5-12(10,11)7-8(2)6-9/h8H,3-7,9H2,1-2H3. The van der Waals surface area contributed by atoms with Crippen LogP contribution in [-0.4, -0.2) is 26.5 Å². The van der Waals surface area contributed by atoms with E-state index in [9.17, 15) is 8.42 Å². The highest BCUT2D eigenvalue weighted by Crippen LogP contribution is 2.03. The van der Waals surface area contributed by atoms with E-state index in [-0.39, 0.29) is 11.7 Å². The average molecular weight is 193 g/mol. The van der Waals surface area contributed by atoms with Crippen LogP contribution in [-0.2, 0) is 9.84 Å². The highest BCUT2D eigenvalue weighted by atomic mass is 32.2. The van der Waals surface area contributed by atoms with E-state index >= 15 is 0 Å². The molecule has 0 saturated carbocycles. The van der Waals surface area contributed by atoms with Gasteiger partial charge in [-0.15, -0.1) is 0 Å². The van der Waals surface area contributed by atoms with E-state index < -0.39 is 9.84 Å². The van der Waals surface area contributed by atoms with Crippen molar-refractivity contribution in [2.24, 2.45) is 11.7 Å². The molecule has 4 heteroatoms. The molecule has 12 heavy (non-hydrogen) atoms. The van der Waals surface area contributed by atoms with Gasteiger partial charge in [-0.3, -0.25) is 0 Å². The molecule has 0 bridgehead atoms. The lowest BCUT2D eigenvalue weighted by Crippen LogP contribution is -2.22. The molecule has 0 heterocycles. The van der Waals surface area contributed by atoms with E-state index in [4.69, 9.17) is 5.73 Å². The summed E-state index contributed by atoms with van der Waals surface area (Å²) in [4.78, 5) is 0. The van der Waals surface area contributed by atoms with Crippen LogP contribution in [0.3, 0.4) is 0 Å². The van der Waals surface area contributed by atoms with Crippen LogP contribution >= 0.6 is 0 Å². The Morgan fingerprint density at radius 3 is 2.42 bits per heavy atom. The van der Waals surface area contributed by atoms with Gasteiger partial charge in [0.1, 0.15) is 0 Å². The van der Waals surface area contributed by atoms with E-state index in [2.05, 4.69) is 0 Å². The van der Waals surface area contributed by atoms with Crippen molar-refractivity contribution in [1.29, 1.82) is 0 Å². The van der Waals surface area contributed by atoms with Crippen molar-refractivity contribution in [3.8, 4) is 0 Å². The second kappa shape index (κ2) is 5.54. The molecule has 1 unspecified atom stereocenters. The topological polar surface area (TPSA) is 60.2 Å². The van der Waals surface area contributed by atoms with Gasteiger partial charge in [0.05, 0.1) is 11.5 Å². The number of unbranched alkanes of at least 4 members (excludes halogenated alkanes) is 1. The molecule has 0 aliphatic rings. The maximum atomic E-state index is 11.3. The summed E-state index contributed by atoms with van der Waals surface area (Å²) in [6, 6.07) is 0. The summed E-state index contributed by atoms with van der Waals surface area (Å²) >= 11 is 0. The van der Waals surface area contributed by atoms with E-state index in [1.165, 1.54) is 0 Å². The van der Waals surface area contributed by atoms with Crippen LogP contribution in [0.1, 0.15) is 26.7 Å². The predicted molar refractivity (Wildman–Crippen MR) is 51.8 cm³/mol. The second-order valence-electron chi connectivity index (χ2n) is 3.31. The summed E-state index contributed by atoms with van der Waals surface area (Å²) in [5.41, 5.74) is 5.34. The Labute approximate surface area is 75.3 Å². The minimum Gasteiger partial charge on any atom is -0.330 e. The van der Waals surface area contributed by atoms with Crippen molar-refractivity contribution in [2.45, 2.75) is 26.7 Å². The molecule has 1 atom stereocenters. The number of rotatable bonds is 6. The highest BCUT2D eigenvalue weighted by Gasteiger charge is 2.13. The summed E-state index contributed by atoms with van der Waals surface area (Å²) in [6.45, 7) is 4.30. The third-order valence-corrected chi connectivity index (χ3v) is 3.74. The fourth-order valence-electron chi connectivity index (χ4n) is 0.949. The lowest BCUT2D eigenvalue weighted by Gasteiger charge is -2.08. The average Bonchev–Trinajstić information content (AvgIpc) is 2.00. The zero-order valence-corrected chi connectivity index (χ0v) is 8.73. The Morgan fingerprint density at radius 1 is 1.42 bits per heavy atom. The van der Waals surface area contributed by atoms with Crippen LogP contribution in [0.2, 0.25) is 0 Å². The molecule has 0 spiro atoms. The fourth-order valence-corrected chi connectivity index (χ4v) is 2.85. The van der Waals surface area contributed by atoms with Crippen molar-refractivity contribution < 1.29 is 8.42 Å². The Morgan fingerprint density at radius 2 is 2.00 bits per heavy atom. The van der Waals surface area contributed by atoms with Gasteiger partial charge in [-0.2, -0.15) is 0 Å². The molecule has 2 N–H and O–H groups in total. The van der Waals surface area contributed by atoms with Crippen molar-refractivity contribution in [3.05, 3.63) is 0 Å². The molecule has 0 saturated heterocycles. The first-order chi connectivity index (χ1) is 5.52. The molecule has 0 amide bonds. The van der Waals surface area contributed by atoms with Crippen LogP contribution in [0, 0.1) is 5.92 Å². The van der Waals surface area contributed by atoms with E-state index in [1.807, 2.05) is 13.8 Å². The maximum absolute atomic E-state index is 11.3. The Bertz CT molecular complexity index is 199. The third kappa shape index (κ3) is 5.55. The van der Waals surface area contributed by atoms with Gasteiger partial charge in [0, 0.05) is 0 Å². The smallest absolute Gasteiger partial charge is 0.150 e. The molecule has 3 nitrogen and oxygen atoms in total. The van der Waals surface area contributed by atoms with Crippen molar-refractivity contribution in [2.75, 3.05) is 18.1 Å². The molecular weight excluding hydrogens is 174 g/mol. The minimum atomic E-state index is -2.84. The number of sulfone groups is 1. The first-order valence-corrected chi connectivity index (χ1v) is 6.24. The monoisotopic (exact) mass is 193 g/mol. The molecule has 0 aromatic rings. The largest absolute Gasteiger partial charge is 0.330 e. The summed E-state index contributed by atoms with van der Waals surface area (Å²) in [7, 11) is -2.84. The van der Waals surface area contributed by atoms with Crippen LogP contribution in [0.4, 0.5) is 0 Å². The quantitative estimate of drug-likeness (QED) is 0.678. The molecule has 0 aromatic carbocycles. The molecular formula is C8H19NO2S. The Kier molecular flexibility index (Phi) is 5.50. The van der Waals surface area contributed by atoms with Gasteiger partial charge in [-0.05, 0) is 18.9 Å². The van der Waals surface area contributed by atoms with Crippen LogP contribution in [0.5, 0.6) is 0 Å². The third-order valence-electron chi connectivity index (χ3n) is 1.75. The van der Waals surface area contributed by atoms with Crippen LogP contribution < -0.4 is 5.73 Å². The Hall–Kier alpha value is -0.0900. The van der Waals surface area contributed by atoms with Gasteiger partial charge in [-0.25, -0.2) is 8.42 Å². The molecule has 0 aromatic heterocycles. The molecule has 0 fully saturated rings. The first-order valence-electron chi connectivity index (χ1n) is 4.42. The number of nitrogens with two attached hydrogens (primary N) is 1. The fraction of sp³-hybridized carbons (Fsp3) is 1.00. The van der Waals surface area contributed by atoms with Gasteiger partial charge in [0.25, 0.3) is 0 Å². The number of hydrogen-bond donors (Lipinski definition) is 1. The number of hydrogen-bond acceptors (Lipinski definition) is 3. The lowest BCUT2D eigenvalue weighted by molar-refractivity contribution is 0.571. The first kappa shape index (κ1) is 11.9. The second-order valence-corrected chi connectivity index (χ2v) is 5.54. The van der Waals surface area contributed by atoms with Gasteiger partial charge in [0.2, 0.25) is 0 Å². The van der Waals surface area contributed by atoms with Crippen LogP contribution in [0.25, 0.3) is 0 Å². The van der Waals surface area contributed by atoms with Crippen molar-refractivity contribution in [3.63, 3.8) is 0 Å². The van der Waals surface area contributed by atoms with Gasteiger partial charge >= 0.3 is 0 Å². The summed E-state index contributed by atoms with van der Waals surface area (Å²) < 4.78 is 22.6. The maximum Gasteiger partial charge on any atom is 0.150 e. The van der Waals surface area contributed by atoms with Gasteiger partial charge in [-0.1, -0.05) is 20.3 Å². The van der Waals surface area contributed by atoms with E-state index in [1.54, 1.807) is 0 Å². The van der Waals surface area contributed by atoms with Crippen molar-refractivity contribution >= 4 is 9.84 Å². The molecule has 74 valence electrons. The molecule has 0 aliphatic heterocycles. The summed E-state index contributed by atoms with van der Waals surface area (Å²) in [5, 5.41) is 0. The Balaban J connectivity index is 3.88. The lowest BCUT2D eigenvalue weighted by atomic mass is 10.2.